The van der Waals surface area contributed by atoms with E-state index >= 15 is 0 Å². The average Bonchev–Trinajstić information content (AvgIpc) is 2.85. The van der Waals surface area contributed by atoms with Gasteiger partial charge in [-0.05, 0) is 35.7 Å². The van der Waals surface area contributed by atoms with Gasteiger partial charge in [-0.3, -0.25) is 9.59 Å². The molecule has 0 aromatic heterocycles. The fourth-order valence-corrected chi connectivity index (χ4v) is 3.56. The lowest BCUT2D eigenvalue weighted by Gasteiger charge is -2.21. The lowest BCUT2D eigenvalue weighted by molar-refractivity contribution is -0.136. The smallest absolute Gasteiger partial charge is 0.307 e. The Morgan fingerprint density at radius 1 is 0.886 bits per heavy atom. The number of benzene rings is 2. The summed E-state index contributed by atoms with van der Waals surface area (Å²) in [6.07, 6.45) is 3.19. The molecule has 0 saturated heterocycles. The van der Waals surface area contributed by atoms with Crippen molar-refractivity contribution in [2.24, 2.45) is 0 Å². The summed E-state index contributed by atoms with van der Waals surface area (Å²) in [5.74, 6) is -0.0239. The SMILES string of the molecule is C=CCOc1cc(OCC=C)c(C(=O)c2ccc(OC)c(OCCOC)c2)c(CC(=O)O)c1CC. The third kappa shape index (κ3) is 7.10. The molecule has 0 aliphatic carbocycles. The average molecular weight is 485 g/mol. The summed E-state index contributed by atoms with van der Waals surface area (Å²) >= 11 is 0. The van der Waals surface area contributed by atoms with Crippen LogP contribution in [0.1, 0.15) is 34.0 Å². The minimum Gasteiger partial charge on any atom is -0.493 e. The number of hydrogen-bond donors (Lipinski definition) is 1. The van der Waals surface area contributed by atoms with Crippen molar-refractivity contribution >= 4 is 11.8 Å². The first-order valence-corrected chi connectivity index (χ1v) is 11.1. The zero-order valence-corrected chi connectivity index (χ0v) is 20.4. The van der Waals surface area contributed by atoms with Crippen molar-refractivity contribution in [3.05, 3.63) is 71.8 Å². The molecule has 0 unspecified atom stereocenters. The Labute approximate surface area is 205 Å². The molecule has 0 heterocycles. The van der Waals surface area contributed by atoms with Crippen LogP contribution in [0.25, 0.3) is 0 Å². The third-order valence-electron chi connectivity index (χ3n) is 5.06. The minimum atomic E-state index is -1.08. The van der Waals surface area contributed by atoms with Crippen LogP contribution in [0.4, 0.5) is 0 Å². The fraction of sp³-hybridized carbons (Fsp3) is 0.333. The molecule has 8 nitrogen and oxygen atoms in total. The summed E-state index contributed by atoms with van der Waals surface area (Å²) in [5.41, 5.74) is 1.40. The van der Waals surface area contributed by atoms with Crippen molar-refractivity contribution in [3.8, 4) is 23.0 Å². The van der Waals surface area contributed by atoms with Crippen LogP contribution >= 0.6 is 0 Å². The molecule has 0 aliphatic heterocycles. The molecule has 0 spiro atoms. The van der Waals surface area contributed by atoms with Crippen LogP contribution < -0.4 is 18.9 Å². The molecule has 188 valence electrons. The van der Waals surface area contributed by atoms with Crippen molar-refractivity contribution in [3.63, 3.8) is 0 Å². The van der Waals surface area contributed by atoms with Crippen LogP contribution in [0.15, 0.2) is 49.6 Å². The Kier molecular flexibility index (Phi) is 10.8. The van der Waals surface area contributed by atoms with Crippen LogP contribution in [0.5, 0.6) is 23.0 Å². The van der Waals surface area contributed by atoms with Crippen molar-refractivity contribution in [1.29, 1.82) is 0 Å². The maximum Gasteiger partial charge on any atom is 0.307 e. The van der Waals surface area contributed by atoms with E-state index in [1.165, 1.54) is 13.2 Å². The van der Waals surface area contributed by atoms with Gasteiger partial charge in [-0.25, -0.2) is 0 Å². The Balaban J connectivity index is 2.71. The lowest BCUT2D eigenvalue weighted by atomic mass is 9.90. The van der Waals surface area contributed by atoms with Gasteiger partial charge in [0.25, 0.3) is 0 Å². The molecule has 35 heavy (non-hydrogen) atoms. The van der Waals surface area contributed by atoms with Gasteiger partial charge in [0.2, 0.25) is 0 Å². The summed E-state index contributed by atoms with van der Waals surface area (Å²) in [7, 11) is 3.06. The van der Waals surface area contributed by atoms with Crippen molar-refractivity contribution in [1.82, 2.24) is 0 Å². The summed E-state index contributed by atoms with van der Waals surface area (Å²) in [4.78, 5) is 25.6. The molecule has 2 rings (SSSR count). The molecule has 0 aliphatic rings. The Bertz CT molecular complexity index is 1060. The van der Waals surface area contributed by atoms with Gasteiger partial charge in [-0.1, -0.05) is 32.2 Å². The van der Waals surface area contributed by atoms with Gasteiger partial charge in [0, 0.05) is 18.7 Å². The van der Waals surface area contributed by atoms with E-state index < -0.39 is 11.8 Å². The number of aliphatic carboxylic acids is 1. The summed E-state index contributed by atoms with van der Waals surface area (Å²) in [6.45, 7) is 10.1. The van der Waals surface area contributed by atoms with Crippen molar-refractivity contribution in [2.45, 2.75) is 19.8 Å². The number of carboxylic acids is 1. The normalized spacial score (nSPS) is 10.4. The van der Waals surface area contributed by atoms with E-state index in [1.54, 1.807) is 37.5 Å². The van der Waals surface area contributed by atoms with Crippen molar-refractivity contribution in [2.75, 3.05) is 40.6 Å². The van der Waals surface area contributed by atoms with Crippen LogP contribution in [0, 0.1) is 0 Å². The van der Waals surface area contributed by atoms with Gasteiger partial charge in [0.15, 0.2) is 17.3 Å². The second-order valence-electron chi connectivity index (χ2n) is 7.36. The van der Waals surface area contributed by atoms with E-state index in [4.69, 9.17) is 23.7 Å². The van der Waals surface area contributed by atoms with Crippen molar-refractivity contribution < 1.29 is 38.4 Å². The molecule has 0 bridgehead atoms. The first-order chi connectivity index (χ1) is 16.9. The molecule has 2 aromatic carbocycles. The summed E-state index contributed by atoms with van der Waals surface area (Å²) < 4.78 is 27.7. The van der Waals surface area contributed by atoms with E-state index in [0.717, 1.165) is 0 Å². The number of ketones is 1. The highest BCUT2D eigenvalue weighted by molar-refractivity contribution is 6.12. The van der Waals surface area contributed by atoms with Gasteiger partial charge in [-0.2, -0.15) is 0 Å². The highest BCUT2D eigenvalue weighted by atomic mass is 16.5. The number of carbonyl (C=O) groups excluding carboxylic acids is 1. The molecule has 0 atom stereocenters. The number of methoxy groups -OCH3 is 2. The predicted molar refractivity (Wildman–Crippen MR) is 132 cm³/mol. The maximum absolute atomic E-state index is 13.8. The number of carbonyl (C=O) groups is 2. The lowest BCUT2D eigenvalue weighted by Crippen LogP contribution is -2.16. The van der Waals surface area contributed by atoms with Gasteiger partial charge in [0.1, 0.15) is 31.3 Å². The van der Waals surface area contributed by atoms with Crippen LogP contribution in [0.2, 0.25) is 0 Å². The fourth-order valence-electron chi connectivity index (χ4n) is 3.56. The molecule has 0 amide bonds. The van der Waals surface area contributed by atoms with E-state index in [1.807, 2.05) is 6.92 Å². The molecule has 1 N–H and O–H groups in total. The molecular formula is C27H32O8. The number of rotatable bonds is 16. The van der Waals surface area contributed by atoms with Gasteiger partial charge < -0.3 is 28.8 Å². The number of hydrogen-bond acceptors (Lipinski definition) is 7. The Morgan fingerprint density at radius 3 is 2.14 bits per heavy atom. The Hall–Kier alpha value is -3.78. The first-order valence-electron chi connectivity index (χ1n) is 11.1. The monoisotopic (exact) mass is 484 g/mol. The third-order valence-corrected chi connectivity index (χ3v) is 5.06. The highest BCUT2D eigenvalue weighted by Gasteiger charge is 2.27. The molecule has 0 fully saturated rings. The van der Waals surface area contributed by atoms with Gasteiger partial charge >= 0.3 is 5.97 Å². The zero-order valence-electron chi connectivity index (χ0n) is 20.4. The summed E-state index contributed by atoms with van der Waals surface area (Å²) in [6, 6.07) is 6.40. The van der Waals surface area contributed by atoms with E-state index in [0.29, 0.717) is 41.4 Å². The van der Waals surface area contributed by atoms with Crippen LogP contribution in [-0.2, 0) is 22.4 Å². The zero-order chi connectivity index (χ0) is 25.8. The van der Waals surface area contributed by atoms with Crippen LogP contribution in [-0.4, -0.2) is 57.5 Å². The summed E-state index contributed by atoms with van der Waals surface area (Å²) in [5, 5.41) is 9.66. The topological polar surface area (TPSA) is 101 Å². The predicted octanol–water partition coefficient (Wildman–Crippen LogP) is 4.27. The van der Waals surface area contributed by atoms with Gasteiger partial charge in [0.05, 0.1) is 25.7 Å². The maximum atomic E-state index is 13.8. The van der Waals surface area contributed by atoms with Gasteiger partial charge in [-0.15, -0.1) is 0 Å². The van der Waals surface area contributed by atoms with E-state index in [-0.39, 0.29) is 43.1 Å². The second-order valence-corrected chi connectivity index (χ2v) is 7.36. The Morgan fingerprint density at radius 2 is 1.57 bits per heavy atom. The number of carboxylic acid groups (broad SMARTS) is 1. The molecular weight excluding hydrogens is 452 g/mol. The second kappa shape index (κ2) is 13.8. The molecule has 0 saturated carbocycles. The quantitative estimate of drug-likeness (QED) is 0.214. The molecule has 2 aromatic rings. The molecule has 0 radical (unpaired) electrons. The largest absolute Gasteiger partial charge is 0.493 e. The standard InChI is InChI=1S/C27H32O8/c1-6-11-33-22-17-24(34-12-7-2)26(20(16-25(28)29)19(22)8-3)27(30)18-9-10-21(32-5)23(15-18)35-14-13-31-4/h6-7,9-10,15,17H,1-2,8,11-14,16H2,3-5H3,(H,28,29). The van der Waals surface area contributed by atoms with Crippen LogP contribution in [0.3, 0.4) is 0 Å². The highest BCUT2D eigenvalue weighted by Crippen LogP contribution is 2.38. The number of ether oxygens (including phenoxy) is 5. The molecule has 8 heteroatoms. The first kappa shape index (κ1) is 27.5. The minimum absolute atomic E-state index is 0.118. The van der Waals surface area contributed by atoms with E-state index in [2.05, 4.69) is 13.2 Å². The van der Waals surface area contributed by atoms with E-state index in [9.17, 15) is 14.7 Å².